The number of carbonyl (C=O) groups excluding carboxylic acids is 4. The van der Waals surface area contributed by atoms with Crippen molar-refractivity contribution in [2.75, 3.05) is 47.6 Å². The summed E-state index contributed by atoms with van der Waals surface area (Å²) in [5.41, 5.74) is 7.28. The summed E-state index contributed by atoms with van der Waals surface area (Å²) in [6.07, 6.45) is 3.14. The van der Waals surface area contributed by atoms with Gasteiger partial charge in [-0.25, -0.2) is 9.97 Å². The van der Waals surface area contributed by atoms with Crippen LogP contribution in [0.2, 0.25) is 0 Å². The van der Waals surface area contributed by atoms with Gasteiger partial charge in [0, 0.05) is 48.4 Å². The van der Waals surface area contributed by atoms with E-state index in [0.717, 1.165) is 24.6 Å². The van der Waals surface area contributed by atoms with Crippen LogP contribution in [0.3, 0.4) is 0 Å². The maximum atomic E-state index is 12.8. The van der Waals surface area contributed by atoms with E-state index in [1.165, 1.54) is 11.1 Å². The number of anilines is 4. The molecule has 2 aromatic carbocycles. The number of benzene rings is 2. The van der Waals surface area contributed by atoms with E-state index >= 15 is 0 Å². The van der Waals surface area contributed by atoms with E-state index in [4.69, 9.17) is 10.5 Å². The van der Waals surface area contributed by atoms with Gasteiger partial charge in [0.15, 0.2) is 11.5 Å². The molecular weight excluding hydrogens is 546 g/mol. The molecule has 3 amide bonds. The first-order valence-electron chi connectivity index (χ1n) is 13.0. The third kappa shape index (κ3) is 6.40. The Morgan fingerprint density at radius 2 is 1.83 bits per heavy atom. The molecule has 0 spiro atoms. The summed E-state index contributed by atoms with van der Waals surface area (Å²) >= 11 is 1.02. The molecule has 212 valence electrons. The molecule has 0 aliphatic carbocycles. The predicted molar refractivity (Wildman–Crippen MR) is 156 cm³/mol. The number of nitrogens with zero attached hydrogens (tertiary/aromatic N) is 4. The summed E-state index contributed by atoms with van der Waals surface area (Å²) in [4.78, 5) is 61.3. The van der Waals surface area contributed by atoms with Gasteiger partial charge in [0.25, 0.3) is 16.9 Å². The summed E-state index contributed by atoms with van der Waals surface area (Å²) in [6.45, 7) is 1.66. The summed E-state index contributed by atoms with van der Waals surface area (Å²) in [7, 11) is 1.57. The number of hydrogen-bond acceptors (Lipinski definition) is 10. The van der Waals surface area contributed by atoms with Crippen molar-refractivity contribution in [2.24, 2.45) is 5.73 Å². The molecule has 2 aliphatic heterocycles. The molecular formula is C28H29N7O5S. The number of ether oxygens (including phenoxy) is 1. The van der Waals surface area contributed by atoms with Crippen LogP contribution in [0.5, 0.6) is 5.75 Å². The molecule has 4 N–H and O–H groups in total. The highest BCUT2D eigenvalue weighted by molar-refractivity contribution is 8.15. The second-order valence-corrected chi connectivity index (χ2v) is 10.6. The molecule has 1 atom stereocenters. The molecule has 13 heteroatoms. The number of nitrogens with one attached hydrogen (secondary N) is 2. The quantitative estimate of drug-likeness (QED) is 0.340. The highest BCUT2D eigenvalue weighted by Gasteiger charge is 2.28. The normalized spacial score (nSPS) is 17.2. The number of carbonyl (C=O) groups is 4. The lowest BCUT2D eigenvalue weighted by atomic mass is 10.0. The third-order valence-corrected chi connectivity index (χ3v) is 7.66. The van der Waals surface area contributed by atoms with E-state index in [9.17, 15) is 19.2 Å². The van der Waals surface area contributed by atoms with Gasteiger partial charge in [0.1, 0.15) is 11.6 Å². The lowest BCUT2D eigenvalue weighted by molar-refractivity contribution is -0.131. The Bertz CT molecular complexity index is 1470. The number of hydrogen-bond donors (Lipinski definition) is 3. The van der Waals surface area contributed by atoms with E-state index in [-0.39, 0.29) is 23.5 Å². The zero-order valence-electron chi connectivity index (χ0n) is 22.3. The van der Waals surface area contributed by atoms with E-state index < -0.39 is 16.9 Å². The molecule has 2 aliphatic rings. The predicted octanol–water partition coefficient (Wildman–Crippen LogP) is 2.33. The Morgan fingerprint density at radius 3 is 2.54 bits per heavy atom. The first-order chi connectivity index (χ1) is 19.8. The fourth-order valence-corrected chi connectivity index (χ4v) is 5.42. The highest BCUT2D eigenvalue weighted by atomic mass is 32.2. The zero-order valence-corrected chi connectivity index (χ0v) is 23.1. The van der Waals surface area contributed by atoms with E-state index in [2.05, 4.69) is 20.6 Å². The molecule has 12 nitrogen and oxygen atoms in total. The maximum Gasteiger partial charge on any atom is 0.305 e. The molecule has 3 aromatic rings. The third-order valence-electron chi connectivity index (χ3n) is 6.84. The van der Waals surface area contributed by atoms with E-state index in [1.54, 1.807) is 55.6 Å². The van der Waals surface area contributed by atoms with Crippen molar-refractivity contribution in [3.8, 4) is 5.75 Å². The fraction of sp³-hybridized carbons (Fsp3) is 0.286. The number of methoxy groups -OCH3 is 1. The fourth-order valence-electron chi connectivity index (χ4n) is 4.72. The molecule has 0 radical (unpaired) electrons. The summed E-state index contributed by atoms with van der Waals surface area (Å²) in [6, 6.07) is 13.7. The van der Waals surface area contributed by atoms with Crippen LogP contribution < -0.4 is 30.9 Å². The molecule has 0 saturated carbocycles. The van der Waals surface area contributed by atoms with Crippen molar-refractivity contribution in [2.45, 2.75) is 18.9 Å². The van der Waals surface area contributed by atoms with Crippen molar-refractivity contribution < 1.29 is 23.9 Å². The number of primary amides is 1. The smallest absolute Gasteiger partial charge is 0.305 e. The van der Waals surface area contributed by atoms with Gasteiger partial charge in [0.2, 0.25) is 0 Å². The lowest BCUT2D eigenvalue weighted by Gasteiger charge is -2.34. The van der Waals surface area contributed by atoms with Gasteiger partial charge in [-0.1, -0.05) is 11.8 Å². The van der Waals surface area contributed by atoms with Crippen molar-refractivity contribution in [3.05, 3.63) is 66.0 Å². The van der Waals surface area contributed by atoms with Crippen LogP contribution in [0.1, 0.15) is 33.7 Å². The molecule has 2 saturated heterocycles. The van der Waals surface area contributed by atoms with Crippen LogP contribution in [0.4, 0.5) is 23.0 Å². The minimum Gasteiger partial charge on any atom is -0.497 e. The first kappa shape index (κ1) is 27.9. The molecule has 5 rings (SSSR count). The van der Waals surface area contributed by atoms with Gasteiger partial charge >= 0.3 is 5.91 Å². The van der Waals surface area contributed by atoms with Crippen LogP contribution in [-0.2, 0) is 9.59 Å². The second kappa shape index (κ2) is 12.3. The summed E-state index contributed by atoms with van der Waals surface area (Å²) in [5, 5.41) is 5.71. The second-order valence-electron chi connectivity index (χ2n) is 9.54. The lowest BCUT2D eigenvalue weighted by Crippen LogP contribution is -2.48. The van der Waals surface area contributed by atoms with Crippen molar-refractivity contribution in [3.63, 3.8) is 0 Å². The van der Waals surface area contributed by atoms with Crippen LogP contribution in [0, 0.1) is 0 Å². The van der Waals surface area contributed by atoms with Crippen molar-refractivity contribution >= 4 is 57.6 Å². The van der Waals surface area contributed by atoms with Gasteiger partial charge in [-0.3, -0.25) is 19.2 Å². The van der Waals surface area contributed by atoms with E-state index in [1.807, 2.05) is 4.90 Å². The average molecular weight is 576 g/mol. The number of nitrogens with two attached hydrogens (primary N) is 1. The van der Waals surface area contributed by atoms with Gasteiger partial charge in [0.05, 0.1) is 13.3 Å². The highest BCUT2D eigenvalue weighted by Crippen LogP contribution is 2.27. The summed E-state index contributed by atoms with van der Waals surface area (Å²) in [5.74, 6) is 0.488. The van der Waals surface area contributed by atoms with Crippen LogP contribution in [0.15, 0.2) is 54.7 Å². The zero-order chi connectivity index (χ0) is 28.9. The monoisotopic (exact) mass is 575 g/mol. The average Bonchev–Trinajstić information content (AvgIpc) is 2.99. The number of amides is 3. The molecule has 3 heterocycles. The van der Waals surface area contributed by atoms with Crippen LogP contribution >= 0.6 is 11.8 Å². The van der Waals surface area contributed by atoms with Gasteiger partial charge in [-0.05, 0) is 61.4 Å². The van der Waals surface area contributed by atoms with Crippen LogP contribution in [0.25, 0.3) is 0 Å². The van der Waals surface area contributed by atoms with Gasteiger partial charge < -0.3 is 30.9 Å². The Labute approximate surface area is 240 Å². The number of thioether (sulfide) groups is 1. The molecule has 1 aromatic heterocycles. The Hall–Kier alpha value is -4.65. The van der Waals surface area contributed by atoms with Crippen molar-refractivity contribution in [1.29, 1.82) is 0 Å². The number of piperidine rings is 1. The van der Waals surface area contributed by atoms with E-state index in [0.29, 0.717) is 53.9 Å². The Balaban J connectivity index is 1.29. The maximum absolute atomic E-state index is 12.8. The number of rotatable bonds is 8. The SMILES string of the molecule is COc1ccc(C(=O)N[C@@H]2CCCN(c3cnc(C(N)=O)c(Nc4ccc(N5CCSC(=O)C5=O)cc4)n3)C2)cc1. The standard InChI is InChI=1S/C28H29N7O5S/c1-40-21-10-4-17(5-11-21)26(37)32-19-3-2-12-34(16-19)22-15-30-23(24(29)36)25(33-22)31-18-6-8-20(9-7-18)35-13-14-41-28(39)27(35)38/h4-11,15,19H,2-3,12-14,16H2,1H3,(H2,29,36)(H,31,33)(H,32,37)/t19-/m1/s1. The minimum absolute atomic E-state index is 0.0203. The topological polar surface area (TPSA) is 160 Å². The Kier molecular flexibility index (Phi) is 8.34. The molecule has 41 heavy (non-hydrogen) atoms. The molecule has 2 fully saturated rings. The molecule has 0 bridgehead atoms. The van der Waals surface area contributed by atoms with Crippen molar-refractivity contribution in [1.82, 2.24) is 15.3 Å². The van der Waals surface area contributed by atoms with Crippen LogP contribution in [-0.4, -0.2) is 71.3 Å². The number of aromatic nitrogens is 2. The van der Waals surface area contributed by atoms with Gasteiger partial charge in [-0.15, -0.1) is 0 Å². The molecule has 0 unspecified atom stereocenters. The summed E-state index contributed by atoms with van der Waals surface area (Å²) < 4.78 is 5.16. The first-order valence-corrected chi connectivity index (χ1v) is 14.0. The van der Waals surface area contributed by atoms with Gasteiger partial charge in [-0.2, -0.15) is 0 Å². The minimum atomic E-state index is -0.735. The largest absolute Gasteiger partial charge is 0.497 e. The Morgan fingerprint density at radius 1 is 1.07 bits per heavy atom.